The zero-order chi connectivity index (χ0) is 19.9. The van der Waals surface area contributed by atoms with Gasteiger partial charge in [-0.05, 0) is 48.4 Å². The SMILES string of the molecule is CCN(Cc1ccc2c(c1)OCCO2)C(=O)C=Cc1ccc(C(=O)OC)cc1. The summed E-state index contributed by atoms with van der Waals surface area (Å²) in [4.78, 5) is 25.8. The van der Waals surface area contributed by atoms with Crippen LogP contribution < -0.4 is 9.47 Å². The molecule has 0 spiro atoms. The molecule has 0 aliphatic carbocycles. The summed E-state index contributed by atoms with van der Waals surface area (Å²) in [7, 11) is 1.34. The Bertz CT molecular complexity index is 873. The lowest BCUT2D eigenvalue weighted by atomic mass is 10.1. The lowest BCUT2D eigenvalue weighted by molar-refractivity contribution is -0.126. The Morgan fingerprint density at radius 1 is 1.07 bits per heavy atom. The first kappa shape index (κ1) is 19.5. The number of benzene rings is 2. The zero-order valence-corrected chi connectivity index (χ0v) is 16.0. The van der Waals surface area contributed by atoms with Crippen LogP contribution in [-0.4, -0.2) is 43.6 Å². The van der Waals surface area contributed by atoms with Gasteiger partial charge in [0.05, 0.1) is 12.7 Å². The quantitative estimate of drug-likeness (QED) is 0.567. The number of fused-ring (bicyclic) bond motifs is 1. The molecule has 0 unspecified atom stereocenters. The van der Waals surface area contributed by atoms with Gasteiger partial charge in [0.1, 0.15) is 13.2 Å². The number of hydrogen-bond donors (Lipinski definition) is 0. The van der Waals surface area contributed by atoms with E-state index in [1.54, 1.807) is 35.2 Å². The van der Waals surface area contributed by atoms with E-state index in [-0.39, 0.29) is 11.9 Å². The van der Waals surface area contributed by atoms with Crippen LogP contribution in [0.1, 0.15) is 28.4 Å². The summed E-state index contributed by atoms with van der Waals surface area (Å²) in [6.45, 7) is 4.09. The summed E-state index contributed by atoms with van der Waals surface area (Å²) in [5, 5.41) is 0. The van der Waals surface area contributed by atoms with Crippen molar-refractivity contribution in [2.75, 3.05) is 26.9 Å². The smallest absolute Gasteiger partial charge is 0.337 e. The number of ether oxygens (including phenoxy) is 3. The Kier molecular flexibility index (Phi) is 6.32. The molecular weight excluding hydrogens is 358 g/mol. The first-order chi connectivity index (χ1) is 13.6. The van der Waals surface area contributed by atoms with Crippen LogP contribution in [0.4, 0.5) is 0 Å². The Balaban J connectivity index is 1.64. The fraction of sp³-hybridized carbons (Fsp3) is 0.273. The van der Waals surface area contributed by atoms with Gasteiger partial charge in [0.25, 0.3) is 0 Å². The van der Waals surface area contributed by atoms with Crippen molar-refractivity contribution in [2.24, 2.45) is 0 Å². The van der Waals surface area contributed by atoms with Crippen molar-refractivity contribution in [3.63, 3.8) is 0 Å². The maximum Gasteiger partial charge on any atom is 0.337 e. The van der Waals surface area contributed by atoms with Crippen molar-refractivity contribution >= 4 is 18.0 Å². The fourth-order valence-corrected chi connectivity index (χ4v) is 2.87. The highest BCUT2D eigenvalue weighted by atomic mass is 16.6. The molecule has 1 aliphatic rings. The predicted octanol–water partition coefficient (Wildman–Crippen LogP) is 3.31. The maximum absolute atomic E-state index is 12.6. The molecule has 0 N–H and O–H groups in total. The first-order valence-electron chi connectivity index (χ1n) is 9.14. The number of carbonyl (C=O) groups is 2. The summed E-state index contributed by atoms with van der Waals surface area (Å²) in [6.07, 6.45) is 3.27. The van der Waals surface area contributed by atoms with Crippen LogP contribution in [0, 0.1) is 0 Å². The van der Waals surface area contributed by atoms with Crippen molar-refractivity contribution in [2.45, 2.75) is 13.5 Å². The molecule has 28 heavy (non-hydrogen) atoms. The van der Waals surface area contributed by atoms with Crippen LogP contribution in [0.3, 0.4) is 0 Å². The first-order valence-corrected chi connectivity index (χ1v) is 9.14. The number of methoxy groups -OCH3 is 1. The number of amides is 1. The number of hydrogen-bond acceptors (Lipinski definition) is 5. The highest BCUT2D eigenvalue weighted by molar-refractivity contribution is 5.92. The van der Waals surface area contributed by atoms with Gasteiger partial charge in [0.15, 0.2) is 11.5 Å². The fourth-order valence-electron chi connectivity index (χ4n) is 2.87. The van der Waals surface area contributed by atoms with Gasteiger partial charge in [0, 0.05) is 19.2 Å². The van der Waals surface area contributed by atoms with E-state index >= 15 is 0 Å². The molecule has 1 aliphatic heterocycles. The van der Waals surface area contributed by atoms with E-state index in [9.17, 15) is 9.59 Å². The lowest BCUT2D eigenvalue weighted by Gasteiger charge is -2.22. The van der Waals surface area contributed by atoms with Crippen LogP contribution in [0.5, 0.6) is 11.5 Å². The molecule has 1 heterocycles. The molecule has 0 bridgehead atoms. The molecule has 0 fully saturated rings. The molecule has 0 saturated heterocycles. The Morgan fingerprint density at radius 3 is 2.46 bits per heavy atom. The molecule has 146 valence electrons. The van der Waals surface area contributed by atoms with Gasteiger partial charge in [-0.2, -0.15) is 0 Å². The number of carbonyl (C=O) groups excluding carboxylic acids is 2. The van der Waals surface area contributed by atoms with Gasteiger partial charge in [-0.3, -0.25) is 4.79 Å². The van der Waals surface area contributed by atoms with Crippen LogP contribution in [-0.2, 0) is 16.1 Å². The zero-order valence-electron chi connectivity index (χ0n) is 16.0. The minimum atomic E-state index is -0.386. The van der Waals surface area contributed by atoms with E-state index in [2.05, 4.69) is 4.74 Å². The van der Waals surface area contributed by atoms with Crippen LogP contribution in [0.15, 0.2) is 48.5 Å². The average molecular weight is 381 g/mol. The topological polar surface area (TPSA) is 65.1 Å². The molecule has 0 atom stereocenters. The average Bonchev–Trinajstić information content (AvgIpc) is 2.75. The van der Waals surface area contributed by atoms with Gasteiger partial charge in [-0.1, -0.05) is 18.2 Å². The maximum atomic E-state index is 12.6. The van der Waals surface area contributed by atoms with E-state index in [1.807, 2.05) is 25.1 Å². The summed E-state index contributed by atoms with van der Waals surface area (Å²) in [5.41, 5.74) is 2.28. The summed E-state index contributed by atoms with van der Waals surface area (Å²) >= 11 is 0. The molecule has 2 aromatic carbocycles. The van der Waals surface area contributed by atoms with Gasteiger partial charge in [-0.25, -0.2) is 4.79 Å². The van der Waals surface area contributed by atoms with E-state index in [0.29, 0.717) is 37.6 Å². The monoisotopic (exact) mass is 381 g/mol. The largest absolute Gasteiger partial charge is 0.486 e. The van der Waals surface area contributed by atoms with Crippen molar-refractivity contribution < 1.29 is 23.8 Å². The molecule has 1 amide bonds. The second-order valence-electron chi connectivity index (χ2n) is 6.28. The molecule has 0 saturated carbocycles. The van der Waals surface area contributed by atoms with Gasteiger partial charge < -0.3 is 19.1 Å². The van der Waals surface area contributed by atoms with Crippen molar-refractivity contribution in [1.29, 1.82) is 0 Å². The standard InChI is InChI=1S/C22H23NO5/c1-3-23(15-17-6-10-19-20(14-17)28-13-12-27-19)21(24)11-7-16-4-8-18(9-5-16)22(25)26-2/h4-11,14H,3,12-13,15H2,1-2H3. The normalized spacial score (nSPS) is 12.6. The molecular formula is C22H23NO5. The lowest BCUT2D eigenvalue weighted by Crippen LogP contribution is -2.28. The van der Waals surface area contributed by atoms with Gasteiger partial charge in [0.2, 0.25) is 5.91 Å². The molecule has 2 aromatic rings. The number of rotatable bonds is 6. The summed E-state index contributed by atoms with van der Waals surface area (Å²) < 4.78 is 15.8. The van der Waals surface area contributed by atoms with Crippen LogP contribution in [0.2, 0.25) is 0 Å². The molecule has 0 radical (unpaired) electrons. The Hall–Kier alpha value is -3.28. The van der Waals surface area contributed by atoms with E-state index < -0.39 is 0 Å². The molecule has 6 nitrogen and oxygen atoms in total. The molecule has 6 heteroatoms. The van der Waals surface area contributed by atoms with Crippen molar-refractivity contribution in [3.05, 3.63) is 65.2 Å². The number of esters is 1. The predicted molar refractivity (Wildman–Crippen MR) is 105 cm³/mol. The van der Waals surface area contributed by atoms with Crippen LogP contribution >= 0.6 is 0 Å². The second kappa shape index (κ2) is 9.08. The summed E-state index contributed by atoms with van der Waals surface area (Å²) in [5.74, 6) is 0.978. The number of likely N-dealkylation sites (N-methyl/N-ethyl adjacent to an activating group) is 1. The Labute approximate surface area is 164 Å². The minimum absolute atomic E-state index is 0.0885. The van der Waals surface area contributed by atoms with Gasteiger partial charge in [-0.15, -0.1) is 0 Å². The van der Waals surface area contributed by atoms with E-state index in [0.717, 1.165) is 16.9 Å². The third-order valence-electron chi connectivity index (χ3n) is 4.42. The van der Waals surface area contributed by atoms with Gasteiger partial charge >= 0.3 is 5.97 Å². The minimum Gasteiger partial charge on any atom is -0.486 e. The number of nitrogens with zero attached hydrogens (tertiary/aromatic N) is 1. The third kappa shape index (κ3) is 4.71. The Morgan fingerprint density at radius 2 is 1.79 bits per heavy atom. The second-order valence-corrected chi connectivity index (χ2v) is 6.28. The highest BCUT2D eigenvalue weighted by Gasteiger charge is 2.14. The van der Waals surface area contributed by atoms with E-state index in [4.69, 9.17) is 9.47 Å². The highest BCUT2D eigenvalue weighted by Crippen LogP contribution is 2.31. The van der Waals surface area contributed by atoms with E-state index in [1.165, 1.54) is 13.2 Å². The summed E-state index contributed by atoms with van der Waals surface area (Å²) in [6, 6.07) is 12.6. The molecule has 3 rings (SSSR count). The third-order valence-corrected chi connectivity index (χ3v) is 4.42. The van der Waals surface area contributed by atoms with Crippen molar-refractivity contribution in [3.8, 4) is 11.5 Å². The molecule has 0 aromatic heterocycles. The van der Waals surface area contributed by atoms with Crippen molar-refractivity contribution in [1.82, 2.24) is 4.90 Å². The van der Waals surface area contributed by atoms with Crippen LogP contribution in [0.25, 0.3) is 6.08 Å².